The number of pyridine rings is 1. The minimum atomic E-state index is 0.112. The number of hydrogen-bond donors (Lipinski definition) is 2. The molecule has 2 N–H and O–H groups in total. The van der Waals surface area contributed by atoms with Crippen molar-refractivity contribution in [2.24, 2.45) is 0 Å². The first-order valence-electron chi connectivity index (χ1n) is 7.07. The maximum absolute atomic E-state index is 9.03. The van der Waals surface area contributed by atoms with Gasteiger partial charge in [0, 0.05) is 37.9 Å². The molecule has 0 atom stereocenters. The molecule has 0 bridgehead atoms. The Morgan fingerprint density at radius 1 is 1.40 bits per heavy atom. The number of aromatic nitrogens is 1. The first-order chi connectivity index (χ1) is 9.44. The van der Waals surface area contributed by atoms with Gasteiger partial charge < -0.3 is 10.4 Å². The summed E-state index contributed by atoms with van der Waals surface area (Å²) < 4.78 is 0. The topological polar surface area (TPSA) is 48.4 Å². The van der Waals surface area contributed by atoms with Crippen molar-refractivity contribution in [1.82, 2.24) is 15.2 Å². The molecule has 4 nitrogen and oxygen atoms in total. The minimum absolute atomic E-state index is 0.112. The van der Waals surface area contributed by atoms with E-state index in [1.807, 2.05) is 18.3 Å². The molecule has 1 heterocycles. The van der Waals surface area contributed by atoms with Gasteiger partial charge in [0.25, 0.3) is 0 Å². The smallest absolute Gasteiger partial charge is 0.0558 e. The fraction of sp³-hybridized carbons (Fsp3) is 0.562. The molecule has 0 saturated heterocycles. The highest BCUT2D eigenvalue weighted by molar-refractivity contribution is 5.14. The average Bonchev–Trinajstić information content (AvgIpc) is 2.38. The highest BCUT2D eigenvalue weighted by Gasteiger charge is 2.09. The van der Waals surface area contributed by atoms with Gasteiger partial charge in [-0.05, 0) is 32.4 Å². The maximum Gasteiger partial charge on any atom is 0.0558 e. The summed E-state index contributed by atoms with van der Waals surface area (Å²) in [5.74, 6) is 0. The number of hydrogen-bond acceptors (Lipinski definition) is 4. The molecule has 0 aromatic carbocycles. The zero-order valence-corrected chi connectivity index (χ0v) is 12.9. The first-order valence-corrected chi connectivity index (χ1v) is 7.07. The molecule has 0 aliphatic rings. The second-order valence-corrected chi connectivity index (χ2v) is 6.01. The van der Waals surface area contributed by atoms with E-state index in [2.05, 4.69) is 48.6 Å². The van der Waals surface area contributed by atoms with Gasteiger partial charge in [-0.15, -0.1) is 6.58 Å². The van der Waals surface area contributed by atoms with Gasteiger partial charge in [0.15, 0.2) is 0 Å². The molecule has 0 saturated carbocycles. The number of rotatable bonds is 8. The van der Waals surface area contributed by atoms with Crippen LogP contribution < -0.4 is 5.32 Å². The highest BCUT2D eigenvalue weighted by Crippen LogP contribution is 2.06. The molecular formula is C16H27N3O. The molecule has 0 radical (unpaired) electrons. The van der Waals surface area contributed by atoms with Crippen LogP contribution >= 0.6 is 0 Å². The Morgan fingerprint density at radius 2 is 2.15 bits per heavy atom. The van der Waals surface area contributed by atoms with E-state index in [9.17, 15) is 0 Å². The Labute approximate surface area is 122 Å². The Balaban J connectivity index is 2.54. The summed E-state index contributed by atoms with van der Waals surface area (Å²) in [6.45, 7) is 13.3. The number of aliphatic hydroxyl groups is 1. The lowest BCUT2D eigenvalue weighted by Crippen LogP contribution is -2.35. The van der Waals surface area contributed by atoms with Gasteiger partial charge in [0.1, 0.15) is 0 Å². The summed E-state index contributed by atoms with van der Waals surface area (Å²) in [6, 6.07) is 4.15. The molecule has 112 valence electrons. The second-order valence-electron chi connectivity index (χ2n) is 6.01. The molecule has 0 fully saturated rings. The fourth-order valence-corrected chi connectivity index (χ4v) is 1.81. The van der Waals surface area contributed by atoms with Gasteiger partial charge in [-0.3, -0.25) is 9.88 Å². The van der Waals surface area contributed by atoms with Crippen LogP contribution in [0.2, 0.25) is 0 Å². The van der Waals surface area contributed by atoms with E-state index in [0.717, 1.165) is 25.3 Å². The Bertz CT molecular complexity index is 395. The van der Waals surface area contributed by atoms with E-state index in [-0.39, 0.29) is 12.1 Å². The van der Waals surface area contributed by atoms with Crippen LogP contribution in [0.1, 0.15) is 32.0 Å². The summed E-state index contributed by atoms with van der Waals surface area (Å²) in [5, 5.41) is 12.5. The number of nitrogens with zero attached hydrogens (tertiary/aromatic N) is 2. The van der Waals surface area contributed by atoms with Crippen molar-refractivity contribution in [3.8, 4) is 0 Å². The largest absolute Gasteiger partial charge is 0.395 e. The van der Waals surface area contributed by atoms with E-state index in [4.69, 9.17) is 5.11 Å². The summed E-state index contributed by atoms with van der Waals surface area (Å²) in [6.07, 6.45) is 3.76. The molecule has 1 rings (SSSR count). The third-order valence-corrected chi connectivity index (χ3v) is 2.90. The monoisotopic (exact) mass is 277 g/mol. The fourth-order valence-electron chi connectivity index (χ4n) is 1.81. The molecule has 1 aromatic heterocycles. The zero-order valence-electron chi connectivity index (χ0n) is 12.9. The molecule has 0 aliphatic heterocycles. The van der Waals surface area contributed by atoms with Gasteiger partial charge in [-0.25, -0.2) is 0 Å². The third-order valence-electron chi connectivity index (χ3n) is 2.90. The van der Waals surface area contributed by atoms with Crippen LogP contribution in [0.5, 0.6) is 0 Å². The molecule has 0 spiro atoms. The molecule has 20 heavy (non-hydrogen) atoms. The van der Waals surface area contributed by atoms with Crippen molar-refractivity contribution in [3.05, 3.63) is 42.2 Å². The van der Waals surface area contributed by atoms with Crippen LogP contribution in [-0.4, -0.2) is 40.2 Å². The Kier molecular flexibility index (Phi) is 6.85. The van der Waals surface area contributed by atoms with Gasteiger partial charge in [0.2, 0.25) is 0 Å². The lowest BCUT2D eigenvalue weighted by Gasteiger charge is -2.21. The minimum Gasteiger partial charge on any atom is -0.395 e. The van der Waals surface area contributed by atoms with Crippen molar-refractivity contribution in [1.29, 1.82) is 0 Å². The van der Waals surface area contributed by atoms with Crippen LogP contribution in [0.3, 0.4) is 0 Å². The van der Waals surface area contributed by atoms with E-state index < -0.39 is 0 Å². The Hall–Kier alpha value is -1.23. The highest BCUT2D eigenvalue weighted by atomic mass is 16.3. The van der Waals surface area contributed by atoms with E-state index >= 15 is 0 Å². The standard InChI is InChI=1S/C16H27N3O/c1-5-8-19(9-10-20)13-15-7-6-14(11-17-15)12-18-16(2,3)4/h5-7,11,18,20H,1,8-10,12-13H2,2-4H3. The Morgan fingerprint density at radius 3 is 2.65 bits per heavy atom. The lowest BCUT2D eigenvalue weighted by atomic mass is 10.1. The summed E-state index contributed by atoms with van der Waals surface area (Å²) in [4.78, 5) is 6.60. The van der Waals surface area contributed by atoms with Gasteiger partial charge in [0.05, 0.1) is 12.3 Å². The SMILES string of the molecule is C=CCN(CCO)Cc1ccc(CNC(C)(C)C)cn1. The predicted octanol–water partition coefficient (Wildman–Crippen LogP) is 1.95. The maximum atomic E-state index is 9.03. The van der Waals surface area contributed by atoms with Crippen LogP contribution in [0.15, 0.2) is 31.0 Å². The molecule has 0 aliphatic carbocycles. The average molecular weight is 277 g/mol. The molecule has 0 amide bonds. The summed E-state index contributed by atoms with van der Waals surface area (Å²) in [7, 11) is 0. The van der Waals surface area contributed by atoms with Crippen molar-refractivity contribution < 1.29 is 5.11 Å². The first kappa shape index (κ1) is 16.8. The van der Waals surface area contributed by atoms with E-state index in [0.29, 0.717) is 6.54 Å². The van der Waals surface area contributed by atoms with Crippen LogP contribution in [0.4, 0.5) is 0 Å². The lowest BCUT2D eigenvalue weighted by molar-refractivity contribution is 0.202. The quantitative estimate of drug-likeness (QED) is 0.713. The zero-order chi connectivity index (χ0) is 15.0. The summed E-state index contributed by atoms with van der Waals surface area (Å²) in [5.41, 5.74) is 2.31. The van der Waals surface area contributed by atoms with Gasteiger partial charge in [-0.1, -0.05) is 12.1 Å². The second kappa shape index (κ2) is 8.15. The number of aliphatic hydroxyl groups excluding tert-OH is 1. The molecule has 1 aromatic rings. The van der Waals surface area contributed by atoms with Crippen LogP contribution in [0, 0.1) is 0 Å². The summed E-state index contributed by atoms with van der Waals surface area (Å²) >= 11 is 0. The van der Waals surface area contributed by atoms with Crippen molar-refractivity contribution in [3.63, 3.8) is 0 Å². The van der Waals surface area contributed by atoms with E-state index in [1.54, 1.807) is 0 Å². The van der Waals surface area contributed by atoms with Crippen LogP contribution in [0.25, 0.3) is 0 Å². The normalized spacial score (nSPS) is 11.8. The van der Waals surface area contributed by atoms with Crippen molar-refractivity contribution in [2.45, 2.75) is 39.4 Å². The molecule has 0 unspecified atom stereocenters. The molecule has 4 heteroatoms. The number of nitrogens with one attached hydrogen (secondary N) is 1. The third kappa shape index (κ3) is 6.80. The van der Waals surface area contributed by atoms with Crippen molar-refractivity contribution in [2.75, 3.05) is 19.7 Å². The van der Waals surface area contributed by atoms with E-state index in [1.165, 1.54) is 5.56 Å². The van der Waals surface area contributed by atoms with Crippen molar-refractivity contribution >= 4 is 0 Å². The molecular weight excluding hydrogens is 250 g/mol. The van der Waals surface area contributed by atoms with Gasteiger partial charge in [-0.2, -0.15) is 0 Å². The van der Waals surface area contributed by atoms with Crippen LogP contribution in [-0.2, 0) is 13.1 Å². The predicted molar refractivity (Wildman–Crippen MR) is 83.4 cm³/mol. The van der Waals surface area contributed by atoms with Gasteiger partial charge >= 0.3 is 0 Å².